The van der Waals surface area contributed by atoms with Crippen molar-refractivity contribution < 1.29 is 14.3 Å². The van der Waals surface area contributed by atoms with Crippen LogP contribution in [0.15, 0.2) is 54.6 Å². The summed E-state index contributed by atoms with van der Waals surface area (Å²) in [4.78, 5) is 25.8. The van der Waals surface area contributed by atoms with E-state index < -0.39 is 5.41 Å². The summed E-state index contributed by atoms with van der Waals surface area (Å²) >= 11 is 0. The quantitative estimate of drug-likeness (QED) is 0.737. The molecule has 0 atom stereocenters. The molecule has 0 radical (unpaired) electrons. The monoisotopic (exact) mass is 366 g/mol. The second kappa shape index (κ2) is 8.82. The van der Waals surface area contributed by atoms with Gasteiger partial charge in [-0.15, -0.1) is 0 Å². The molecule has 5 nitrogen and oxygen atoms in total. The molecule has 0 aromatic heterocycles. The number of para-hydroxylation sites is 1. The molecule has 0 bridgehead atoms. The molecular weight excluding hydrogens is 340 g/mol. The number of amides is 2. The molecule has 2 N–H and O–H groups in total. The van der Waals surface area contributed by atoms with Gasteiger partial charge in [-0.2, -0.15) is 0 Å². The van der Waals surface area contributed by atoms with E-state index in [-0.39, 0.29) is 11.8 Å². The Hall–Kier alpha value is -2.66. The summed E-state index contributed by atoms with van der Waals surface area (Å²) in [5, 5.41) is 5.84. The molecule has 0 unspecified atom stereocenters. The molecule has 0 aliphatic heterocycles. The fourth-order valence-electron chi connectivity index (χ4n) is 3.78. The third kappa shape index (κ3) is 4.19. The van der Waals surface area contributed by atoms with Gasteiger partial charge in [0.25, 0.3) is 5.91 Å². The maximum Gasteiger partial charge on any atom is 0.253 e. The summed E-state index contributed by atoms with van der Waals surface area (Å²) in [6.45, 7) is 0.864. The number of carbonyl (C=O) groups is 2. The number of hydrogen-bond donors (Lipinski definition) is 2. The number of ether oxygens (including phenoxy) is 1. The molecule has 27 heavy (non-hydrogen) atoms. The number of anilines is 1. The molecule has 2 aromatic rings. The number of carbonyl (C=O) groups excluding carboxylic acids is 2. The average Bonchev–Trinajstić information content (AvgIpc) is 3.20. The average molecular weight is 366 g/mol. The molecule has 1 aliphatic carbocycles. The Bertz CT molecular complexity index is 783. The normalized spacial score (nSPS) is 15.3. The summed E-state index contributed by atoms with van der Waals surface area (Å²) in [7, 11) is 1.59. The van der Waals surface area contributed by atoms with Gasteiger partial charge in [-0.1, -0.05) is 55.3 Å². The van der Waals surface area contributed by atoms with Crippen LogP contribution in [0.1, 0.15) is 41.6 Å². The number of benzene rings is 2. The first-order chi connectivity index (χ1) is 13.2. The molecule has 0 spiro atoms. The Balaban J connectivity index is 1.82. The lowest BCUT2D eigenvalue weighted by Gasteiger charge is -2.28. The predicted octanol–water partition coefficient (Wildman–Crippen LogP) is 3.51. The standard InChI is InChI=1S/C22H26N2O3/c1-27-16-15-23-20(25)18-11-5-6-12-19(18)24-21(26)22(13-7-8-14-22)17-9-3-2-4-10-17/h2-6,9-12H,7-8,13-16H2,1H3,(H,23,25)(H,24,26). The SMILES string of the molecule is COCCNC(=O)c1ccccc1NC(=O)C1(c2ccccc2)CCCC1. The smallest absolute Gasteiger partial charge is 0.253 e. The Labute approximate surface area is 160 Å². The molecule has 5 heteroatoms. The van der Waals surface area contributed by atoms with Crippen LogP contribution in [0.4, 0.5) is 5.69 Å². The minimum absolute atomic E-state index is 0.0386. The van der Waals surface area contributed by atoms with E-state index in [1.54, 1.807) is 25.3 Å². The zero-order chi connectivity index (χ0) is 19.1. The van der Waals surface area contributed by atoms with Crippen LogP contribution in [-0.4, -0.2) is 32.1 Å². The van der Waals surface area contributed by atoms with Gasteiger partial charge in [0.2, 0.25) is 5.91 Å². The molecule has 2 aromatic carbocycles. The first-order valence-corrected chi connectivity index (χ1v) is 9.40. The van der Waals surface area contributed by atoms with Gasteiger partial charge in [-0.05, 0) is 30.5 Å². The van der Waals surface area contributed by atoms with Gasteiger partial charge in [0.15, 0.2) is 0 Å². The lowest BCUT2D eigenvalue weighted by molar-refractivity contribution is -0.121. The summed E-state index contributed by atoms with van der Waals surface area (Å²) in [6, 6.07) is 17.1. The first-order valence-electron chi connectivity index (χ1n) is 9.40. The van der Waals surface area contributed by atoms with E-state index in [0.29, 0.717) is 24.4 Å². The van der Waals surface area contributed by atoms with Crippen LogP contribution in [0.2, 0.25) is 0 Å². The van der Waals surface area contributed by atoms with Crippen molar-refractivity contribution in [3.63, 3.8) is 0 Å². The summed E-state index contributed by atoms with van der Waals surface area (Å²) < 4.78 is 4.97. The van der Waals surface area contributed by atoms with Crippen LogP contribution in [-0.2, 0) is 14.9 Å². The zero-order valence-corrected chi connectivity index (χ0v) is 15.7. The van der Waals surface area contributed by atoms with Crippen molar-refractivity contribution in [1.82, 2.24) is 5.32 Å². The molecule has 142 valence electrons. The Morgan fingerprint density at radius 3 is 2.37 bits per heavy atom. The summed E-state index contributed by atoms with van der Waals surface area (Å²) in [5.41, 5.74) is 1.52. The van der Waals surface area contributed by atoms with Gasteiger partial charge >= 0.3 is 0 Å². The molecule has 1 saturated carbocycles. The third-order valence-electron chi connectivity index (χ3n) is 5.23. The Morgan fingerprint density at radius 2 is 1.67 bits per heavy atom. The maximum atomic E-state index is 13.3. The summed E-state index contributed by atoms with van der Waals surface area (Å²) in [6.07, 6.45) is 3.71. The number of hydrogen-bond acceptors (Lipinski definition) is 3. The van der Waals surface area contributed by atoms with Crippen LogP contribution in [0, 0.1) is 0 Å². The highest BCUT2D eigenvalue weighted by Gasteiger charge is 2.42. The maximum absolute atomic E-state index is 13.3. The molecule has 3 rings (SSSR count). The molecule has 1 fully saturated rings. The van der Waals surface area contributed by atoms with Crippen molar-refractivity contribution >= 4 is 17.5 Å². The Morgan fingerprint density at radius 1 is 1.00 bits per heavy atom. The largest absolute Gasteiger partial charge is 0.383 e. The van der Waals surface area contributed by atoms with Crippen molar-refractivity contribution in [2.24, 2.45) is 0 Å². The minimum atomic E-state index is -0.527. The third-order valence-corrected chi connectivity index (χ3v) is 5.23. The number of methoxy groups -OCH3 is 1. The van der Waals surface area contributed by atoms with E-state index in [9.17, 15) is 9.59 Å². The van der Waals surface area contributed by atoms with Crippen LogP contribution in [0.5, 0.6) is 0 Å². The highest BCUT2D eigenvalue weighted by atomic mass is 16.5. The van der Waals surface area contributed by atoms with E-state index >= 15 is 0 Å². The minimum Gasteiger partial charge on any atom is -0.383 e. The topological polar surface area (TPSA) is 67.4 Å². The molecule has 1 aliphatic rings. The lowest BCUT2D eigenvalue weighted by atomic mass is 9.78. The van der Waals surface area contributed by atoms with E-state index in [4.69, 9.17) is 4.74 Å². The van der Waals surface area contributed by atoms with Gasteiger partial charge in [0, 0.05) is 13.7 Å². The van der Waals surface area contributed by atoms with E-state index in [1.807, 2.05) is 36.4 Å². The zero-order valence-electron chi connectivity index (χ0n) is 15.7. The van der Waals surface area contributed by atoms with Gasteiger partial charge < -0.3 is 15.4 Å². The van der Waals surface area contributed by atoms with E-state index in [0.717, 1.165) is 31.2 Å². The van der Waals surface area contributed by atoms with Crippen molar-refractivity contribution in [3.8, 4) is 0 Å². The van der Waals surface area contributed by atoms with Crippen molar-refractivity contribution in [2.45, 2.75) is 31.1 Å². The molecule has 0 heterocycles. The van der Waals surface area contributed by atoms with E-state index in [2.05, 4.69) is 10.6 Å². The predicted molar refractivity (Wildman–Crippen MR) is 106 cm³/mol. The highest BCUT2D eigenvalue weighted by molar-refractivity contribution is 6.06. The van der Waals surface area contributed by atoms with Crippen LogP contribution < -0.4 is 10.6 Å². The lowest BCUT2D eigenvalue weighted by Crippen LogP contribution is -2.38. The van der Waals surface area contributed by atoms with E-state index in [1.165, 1.54) is 0 Å². The van der Waals surface area contributed by atoms with Gasteiger partial charge in [-0.25, -0.2) is 0 Å². The second-order valence-electron chi connectivity index (χ2n) is 6.90. The van der Waals surface area contributed by atoms with Gasteiger partial charge in [-0.3, -0.25) is 9.59 Å². The fraction of sp³-hybridized carbons (Fsp3) is 0.364. The first kappa shape index (κ1) is 19.1. The van der Waals surface area contributed by atoms with Crippen molar-refractivity contribution in [3.05, 3.63) is 65.7 Å². The molecule has 0 saturated heterocycles. The molecular formula is C22H26N2O3. The van der Waals surface area contributed by atoms with Gasteiger partial charge in [0.1, 0.15) is 0 Å². The summed E-state index contributed by atoms with van der Waals surface area (Å²) in [5.74, 6) is -0.258. The van der Waals surface area contributed by atoms with Gasteiger partial charge in [0.05, 0.1) is 23.3 Å². The number of nitrogens with one attached hydrogen (secondary N) is 2. The van der Waals surface area contributed by atoms with Crippen LogP contribution >= 0.6 is 0 Å². The Kier molecular flexibility index (Phi) is 6.24. The molecule has 2 amide bonds. The fourth-order valence-corrected chi connectivity index (χ4v) is 3.78. The highest BCUT2D eigenvalue weighted by Crippen LogP contribution is 2.42. The van der Waals surface area contributed by atoms with Crippen LogP contribution in [0.3, 0.4) is 0 Å². The van der Waals surface area contributed by atoms with Crippen LogP contribution in [0.25, 0.3) is 0 Å². The van der Waals surface area contributed by atoms with Crippen molar-refractivity contribution in [2.75, 3.05) is 25.6 Å². The second-order valence-corrected chi connectivity index (χ2v) is 6.90. The van der Waals surface area contributed by atoms with Crippen molar-refractivity contribution in [1.29, 1.82) is 0 Å². The number of rotatable bonds is 7.